The number of rotatable bonds is 4. The van der Waals surface area contributed by atoms with Gasteiger partial charge in [0.2, 0.25) is 0 Å². The van der Waals surface area contributed by atoms with E-state index in [4.69, 9.17) is 17.3 Å². The van der Waals surface area contributed by atoms with Crippen LogP contribution in [0.15, 0.2) is 24.3 Å². The van der Waals surface area contributed by atoms with E-state index in [1.165, 1.54) is 5.56 Å². The predicted molar refractivity (Wildman–Crippen MR) is 67.2 cm³/mol. The van der Waals surface area contributed by atoms with Crippen molar-refractivity contribution in [2.75, 3.05) is 6.54 Å². The number of hydrogen-bond acceptors (Lipinski definition) is 1. The largest absolute Gasteiger partial charge is 0.330 e. The fourth-order valence-electron chi connectivity index (χ4n) is 1.63. The van der Waals surface area contributed by atoms with E-state index in [0.717, 1.165) is 11.4 Å². The Morgan fingerprint density at radius 1 is 1.40 bits per heavy atom. The van der Waals surface area contributed by atoms with Gasteiger partial charge in [-0.2, -0.15) is 0 Å². The molecule has 0 spiro atoms. The van der Waals surface area contributed by atoms with E-state index in [-0.39, 0.29) is 5.41 Å². The lowest BCUT2D eigenvalue weighted by Gasteiger charge is -2.32. The highest BCUT2D eigenvalue weighted by Crippen LogP contribution is 2.30. The van der Waals surface area contributed by atoms with Gasteiger partial charge >= 0.3 is 0 Å². The second kappa shape index (κ2) is 5.00. The molecule has 1 unspecified atom stereocenters. The van der Waals surface area contributed by atoms with Gasteiger partial charge in [-0.05, 0) is 42.0 Å². The summed E-state index contributed by atoms with van der Waals surface area (Å²) in [6.45, 7) is 7.38. The van der Waals surface area contributed by atoms with Gasteiger partial charge in [-0.25, -0.2) is 0 Å². The number of benzene rings is 1. The Bertz CT molecular complexity index is 322. The molecule has 1 aromatic rings. The van der Waals surface area contributed by atoms with E-state index in [2.05, 4.69) is 26.8 Å². The highest BCUT2D eigenvalue weighted by Gasteiger charge is 2.26. The Morgan fingerprint density at radius 2 is 2.07 bits per heavy atom. The van der Waals surface area contributed by atoms with Crippen molar-refractivity contribution >= 4 is 11.6 Å². The summed E-state index contributed by atoms with van der Waals surface area (Å²) in [4.78, 5) is 0. The lowest BCUT2D eigenvalue weighted by molar-refractivity contribution is 0.227. The number of hydrogen-bond donors (Lipinski definition) is 1. The molecule has 0 bridgehead atoms. The SMILES string of the molecule is CC(C)C(C)(CN)Cc1cccc(Cl)c1. The average Bonchev–Trinajstić information content (AvgIpc) is 2.17. The maximum atomic E-state index is 5.97. The van der Waals surface area contributed by atoms with Crippen LogP contribution in [-0.4, -0.2) is 6.54 Å². The summed E-state index contributed by atoms with van der Waals surface area (Å²) in [5, 5.41) is 0.802. The van der Waals surface area contributed by atoms with E-state index in [0.29, 0.717) is 12.5 Å². The zero-order valence-electron chi connectivity index (χ0n) is 9.76. The van der Waals surface area contributed by atoms with Crippen molar-refractivity contribution in [1.82, 2.24) is 0 Å². The topological polar surface area (TPSA) is 26.0 Å². The lowest BCUT2D eigenvalue weighted by atomic mass is 9.74. The molecule has 0 fully saturated rings. The lowest BCUT2D eigenvalue weighted by Crippen LogP contribution is -2.34. The Kier molecular flexibility index (Phi) is 4.18. The third-order valence-electron chi connectivity index (χ3n) is 3.36. The Hall–Kier alpha value is -0.530. The van der Waals surface area contributed by atoms with Crippen molar-refractivity contribution in [2.45, 2.75) is 27.2 Å². The standard InChI is InChI=1S/C13H20ClN/c1-10(2)13(3,9-15)8-11-5-4-6-12(14)7-11/h4-7,10H,8-9,15H2,1-3H3. The Labute approximate surface area is 97.6 Å². The minimum Gasteiger partial charge on any atom is -0.330 e. The van der Waals surface area contributed by atoms with Crippen LogP contribution in [0.2, 0.25) is 5.02 Å². The molecule has 84 valence electrons. The normalized spacial score (nSPS) is 15.3. The van der Waals surface area contributed by atoms with Crippen LogP contribution in [0.3, 0.4) is 0 Å². The van der Waals surface area contributed by atoms with Gasteiger partial charge < -0.3 is 5.73 Å². The molecular weight excluding hydrogens is 206 g/mol. The molecule has 1 rings (SSSR count). The predicted octanol–water partition coefficient (Wildman–Crippen LogP) is 3.50. The fourth-order valence-corrected chi connectivity index (χ4v) is 1.84. The first-order chi connectivity index (χ1) is 6.98. The van der Waals surface area contributed by atoms with E-state index in [1.54, 1.807) is 0 Å². The fraction of sp³-hybridized carbons (Fsp3) is 0.538. The second-order valence-electron chi connectivity index (χ2n) is 4.82. The molecule has 0 aromatic heterocycles. The van der Waals surface area contributed by atoms with Crippen LogP contribution < -0.4 is 5.73 Å². The summed E-state index contributed by atoms with van der Waals surface area (Å²) < 4.78 is 0. The molecule has 0 amide bonds. The van der Waals surface area contributed by atoms with Crippen LogP contribution in [0, 0.1) is 11.3 Å². The first kappa shape index (κ1) is 12.5. The Balaban J connectivity index is 2.84. The summed E-state index contributed by atoms with van der Waals surface area (Å²) in [7, 11) is 0. The molecule has 2 N–H and O–H groups in total. The molecule has 1 nitrogen and oxygen atoms in total. The van der Waals surface area contributed by atoms with Crippen LogP contribution in [-0.2, 0) is 6.42 Å². The summed E-state index contributed by atoms with van der Waals surface area (Å²) in [5.41, 5.74) is 7.29. The third-order valence-corrected chi connectivity index (χ3v) is 3.59. The van der Waals surface area contributed by atoms with E-state index in [9.17, 15) is 0 Å². The van der Waals surface area contributed by atoms with Gasteiger partial charge in [-0.1, -0.05) is 44.5 Å². The molecule has 1 atom stereocenters. The molecule has 0 heterocycles. The highest BCUT2D eigenvalue weighted by molar-refractivity contribution is 6.30. The van der Waals surface area contributed by atoms with Crippen LogP contribution in [0.1, 0.15) is 26.3 Å². The van der Waals surface area contributed by atoms with Gasteiger partial charge in [0.25, 0.3) is 0 Å². The minimum absolute atomic E-state index is 0.157. The summed E-state index contributed by atoms with van der Waals surface area (Å²) in [6, 6.07) is 8.04. The summed E-state index contributed by atoms with van der Waals surface area (Å²) in [6.07, 6.45) is 0.988. The maximum absolute atomic E-state index is 5.97. The number of nitrogens with two attached hydrogens (primary N) is 1. The number of halogens is 1. The zero-order valence-corrected chi connectivity index (χ0v) is 10.5. The summed E-state index contributed by atoms with van der Waals surface area (Å²) in [5.74, 6) is 0.571. The first-order valence-corrected chi connectivity index (χ1v) is 5.80. The molecular formula is C13H20ClN. The highest BCUT2D eigenvalue weighted by atomic mass is 35.5. The quantitative estimate of drug-likeness (QED) is 0.834. The smallest absolute Gasteiger partial charge is 0.0408 e. The van der Waals surface area contributed by atoms with E-state index in [1.807, 2.05) is 18.2 Å². The van der Waals surface area contributed by atoms with Gasteiger partial charge in [0.05, 0.1) is 0 Å². The van der Waals surface area contributed by atoms with Gasteiger partial charge in [0, 0.05) is 5.02 Å². The van der Waals surface area contributed by atoms with Crippen LogP contribution in [0.4, 0.5) is 0 Å². The molecule has 15 heavy (non-hydrogen) atoms. The van der Waals surface area contributed by atoms with Crippen molar-refractivity contribution in [3.63, 3.8) is 0 Å². The maximum Gasteiger partial charge on any atom is 0.0408 e. The molecule has 2 heteroatoms. The molecule has 0 aliphatic carbocycles. The van der Waals surface area contributed by atoms with Crippen LogP contribution in [0.5, 0.6) is 0 Å². The molecule has 0 radical (unpaired) electrons. The molecule has 0 saturated carbocycles. The first-order valence-electron chi connectivity index (χ1n) is 5.42. The van der Waals surface area contributed by atoms with Gasteiger partial charge in [0.15, 0.2) is 0 Å². The monoisotopic (exact) mass is 225 g/mol. The molecule has 0 aliphatic heterocycles. The van der Waals surface area contributed by atoms with E-state index < -0.39 is 0 Å². The van der Waals surface area contributed by atoms with Crippen LogP contribution in [0.25, 0.3) is 0 Å². The molecule has 0 aliphatic rings. The van der Waals surface area contributed by atoms with Gasteiger partial charge in [0.1, 0.15) is 0 Å². The third kappa shape index (κ3) is 3.22. The van der Waals surface area contributed by atoms with Crippen molar-refractivity contribution < 1.29 is 0 Å². The van der Waals surface area contributed by atoms with Crippen molar-refractivity contribution in [3.05, 3.63) is 34.9 Å². The average molecular weight is 226 g/mol. The van der Waals surface area contributed by atoms with Gasteiger partial charge in [-0.3, -0.25) is 0 Å². The van der Waals surface area contributed by atoms with Gasteiger partial charge in [-0.15, -0.1) is 0 Å². The van der Waals surface area contributed by atoms with Crippen molar-refractivity contribution in [3.8, 4) is 0 Å². The second-order valence-corrected chi connectivity index (χ2v) is 5.26. The van der Waals surface area contributed by atoms with E-state index >= 15 is 0 Å². The summed E-state index contributed by atoms with van der Waals surface area (Å²) >= 11 is 5.97. The zero-order chi connectivity index (χ0) is 11.5. The molecule has 0 saturated heterocycles. The van der Waals surface area contributed by atoms with Crippen molar-refractivity contribution in [1.29, 1.82) is 0 Å². The minimum atomic E-state index is 0.157. The van der Waals surface area contributed by atoms with Crippen LogP contribution >= 0.6 is 11.6 Å². The Morgan fingerprint density at radius 3 is 2.53 bits per heavy atom. The van der Waals surface area contributed by atoms with Crippen molar-refractivity contribution in [2.24, 2.45) is 17.1 Å². The molecule has 1 aromatic carbocycles.